The van der Waals surface area contributed by atoms with E-state index in [2.05, 4.69) is 5.32 Å². The Hall–Kier alpha value is -2.56. The summed E-state index contributed by atoms with van der Waals surface area (Å²) in [5.41, 5.74) is 0.973. The van der Waals surface area contributed by atoms with Gasteiger partial charge in [-0.05, 0) is 54.8 Å². The van der Waals surface area contributed by atoms with Gasteiger partial charge >= 0.3 is 0 Å². The highest BCUT2D eigenvalue weighted by molar-refractivity contribution is 5.81. The van der Waals surface area contributed by atoms with E-state index in [9.17, 15) is 9.18 Å². The number of halogens is 1. The molecule has 1 N–H and O–H groups in total. The number of nitrogens with one attached hydrogen (secondary N) is 1. The van der Waals surface area contributed by atoms with Gasteiger partial charge in [0.1, 0.15) is 17.3 Å². The Morgan fingerprint density at radius 1 is 1.08 bits per heavy atom. The van der Waals surface area contributed by atoms with Crippen LogP contribution in [0.5, 0.6) is 11.5 Å². The van der Waals surface area contributed by atoms with Crippen LogP contribution in [0.1, 0.15) is 18.9 Å². The van der Waals surface area contributed by atoms with Gasteiger partial charge in [0.2, 0.25) is 0 Å². The van der Waals surface area contributed by atoms with Crippen LogP contribution in [0.2, 0.25) is 0 Å². The van der Waals surface area contributed by atoms with Crippen molar-refractivity contribution in [3.05, 3.63) is 59.9 Å². The molecule has 0 spiro atoms. The van der Waals surface area contributed by atoms with Crippen molar-refractivity contribution in [2.24, 2.45) is 0 Å². The zero-order valence-corrected chi connectivity index (χ0v) is 13.9. The van der Waals surface area contributed by atoms with Gasteiger partial charge in [0.25, 0.3) is 5.91 Å². The third kappa shape index (κ3) is 5.26. The van der Waals surface area contributed by atoms with Gasteiger partial charge in [0.05, 0.1) is 7.11 Å². The van der Waals surface area contributed by atoms with E-state index < -0.39 is 6.10 Å². The third-order valence-corrected chi connectivity index (χ3v) is 3.63. The fourth-order valence-corrected chi connectivity index (χ4v) is 2.24. The van der Waals surface area contributed by atoms with Gasteiger partial charge in [-0.1, -0.05) is 19.1 Å². The summed E-state index contributed by atoms with van der Waals surface area (Å²) < 4.78 is 23.7. The number of methoxy groups -OCH3 is 1. The van der Waals surface area contributed by atoms with Crippen molar-refractivity contribution in [1.82, 2.24) is 5.32 Å². The standard InChI is InChI=1S/C19H22FNO3/c1-3-18(24-17-10-8-16(23-2)9-11-17)19(22)21-13-12-14-4-6-15(20)7-5-14/h4-11,18H,3,12-13H2,1-2H3,(H,21,22)/t18-/m0/s1. The minimum absolute atomic E-state index is 0.157. The first-order chi connectivity index (χ1) is 11.6. The van der Waals surface area contributed by atoms with Crippen LogP contribution in [0.25, 0.3) is 0 Å². The predicted octanol–water partition coefficient (Wildman–Crippen LogP) is 3.35. The second kappa shape index (κ2) is 8.91. The van der Waals surface area contributed by atoms with E-state index in [-0.39, 0.29) is 11.7 Å². The smallest absolute Gasteiger partial charge is 0.261 e. The fraction of sp³-hybridized carbons (Fsp3) is 0.316. The van der Waals surface area contributed by atoms with Crippen LogP contribution >= 0.6 is 0 Å². The molecule has 0 saturated carbocycles. The van der Waals surface area contributed by atoms with Crippen molar-refractivity contribution in [3.8, 4) is 11.5 Å². The lowest BCUT2D eigenvalue weighted by Gasteiger charge is -2.17. The van der Waals surface area contributed by atoms with Crippen LogP contribution in [-0.2, 0) is 11.2 Å². The molecular weight excluding hydrogens is 309 g/mol. The SMILES string of the molecule is CC[C@H](Oc1ccc(OC)cc1)C(=O)NCCc1ccc(F)cc1. The maximum Gasteiger partial charge on any atom is 0.261 e. The quantitative estimate of drug-likeness (QED) is 0.807. The van der Waals surface area contributed by atoms with Gasteiger partial charge in [0, 0.05) is 6.54 Å². The van der Waals surface area contributed by atoms with E-state index in [4.69, 9.17) is 9.47 Å². The molecule has 0 fully saturated rings. The number of carbonyl (C=O) groups excluding carboxylic acids is 1. The van der Waals surface area contributed by atoms with Crippen molar-refractivity contribution in [1.29, 1.82) is 0 Å². The highest BCUT2D eigenvalue weighted by Gasteiger charge is 2.17. The molecule has 2 aromatic rings. The molecule has 24 heavy (non-hydrogen) atoms. The second-order valence-electron chi connectivity index (χ2n) is 5.36. The third-order valence-electron chi connectivity index (χ3n) is 3.63. The molecule has 2 rings (SSSR count). The van der Waals surface area contributed by atoms with E-state index in [1.165, 1.54) is 12.1 Å². The summed E-state index contributed by atoms with van der Waals surface area (Å²) in [4.78, 5) is 12.2. The summed E-state index contributed by atoms with van der Waals surface area (Å²) in [6, 6.07) is 13.4. The Balaban J connectivity index is 1.82. The molecule has 0 saturated heterocycles. The molecule has 0 aliphatic rings. The van der Waals surface area contributed by atoms with Crippen molar-refractivity contribution in [2.45, 2.75) is 25.9 Å². The van der Waals surface area contributed by atoms with Crippen molar-refractivity contribution in [3.63, 3.8) is 0 Å². The molecular formula is C19H22FNO3. The molecule has 0 heterocycles. The van der Waals surface area contributed by atoms with Crippen molar-refractivity contribution in [2.75, 3.05) is 13.7 Å². The average Bonchev–Trinajstić information content (AvgIpc) is 2.61. The highest BCUT2D eigenvalue weighted by Crippen LogP contribution is 2.19. The molecule has 5 heteroatoms. The minimum Gasteiger partial charge on any atom is -0.497 e. The minimum atomic E-state index is -0.549. The van der Waals surface area contributed by atoms with Gasteiger partial charge in [-0.3, -0.25) is 4.79 Å². The summed E-state index contributed by atoms with van der Waals surface area (Å²) in [7, 11) is 1.60. The van der Waals surface area contributed by atoms with Gasteiger partial charge < -0.3 is 14.8 Å². The number of benzene rings is 2. The number of hydrogen-bond acceptors (Lipinski definition) is 3. The maximum atomic E-state index is 12.8. The lowest BCUT2D eigenvalue weighted by atomic mass is 10.1. The average molecular weight is 331 g/mol. The van der Waals surface area contributed by atoms with E-state index in [1.54, 1.807) is 43.5 Å². The number of amides is 1. The Morgan fingerprint density at radius 2 is 1.71 bits per heavy atom. The van der Waals surface area contributed by atoms with Gasteiger partial charge in [-0.15, -0.1) is 0 Å². The maximum absolute atomic E-state index is 12.8. The number of hydrogen-bond donors (Lipinski definition) is 1. The highest BCUT2D eigenvalue weighted by atomic mass is 19.1. The van der Waals surface area contributed by atoms with E-state index in [0.717, 1.165) is 11.3 Å². The molecule has 0 aliphatic heterocycles. The van der Waals surface area contributed by atoms with Crippen LogP contribution in [0.15, 0.2) is 48.5 Å². The molecule has 128 valence electrons. The van der Waals surface area contributed by atoms with Crippen LogP contribution in [0.3, 0.4) is 0 Å². The Bertz CT molecular complexity index is 641. The van der Waals surface area contributed by atoms with Crippen molar-refractivity contribution < 1.29 is 18.7 Å². The first kappa shape index (κ1) is 17.8. The molecule has 0 aromatic heterocycles. The molecule has 2 aromatic carbocycles. The zero-order chi connectivity index (χ0) is 17.4. The van der Waals surface area contributed by atoms with Gasteiger partial charge in [-0.25, -0.2) is 4.39 Å². The fourth-order valence-electron chi connectivity index (χ4n) is 2.24. The van der Waals surface area contributed by atoms with Gasteiger partial charge in [-0.2, -0.15) is 0 Å². The number of carbonyl (C=O) groups is 1. The zero-order valence-electron chi connectivity index (χ0n) is 13.9. The Labute approximate surface area is 141 Å². The van der Waals surface area contributed by atoms with E-state index in [1.807, 2.05) is 6.92 Å². The first-order valence-electron chi connectivity index (χ1n) is 7.95. The van der Waals surface area contributed by atoms with E-state index in [0.29, 0.717) is 25.1 Å². The van der Waals surface area contributed by atoms with E-state index >= 15 is 0 Å². The number of ether oxygens (including phenoxy) is 2. The van der Waals surface area contributed by atoms with Crippen LogP contribution < -0.4 is 14.8 Å². The van der Waals surface area contributed by atoms with Crippen LogP contribution in [0.4, 0.5) is 4.39 Å². The predicted molar refractivity (Wildman–Crippen MR) is 90.8 cm³/mol. The Morgan fingerprint density at radius 3 is 2.29 bits per heavy atom. The summed E-state index contributed by atoms with van der Waals surface area (Å²) in [5.74, 6) is 0.938. The Kier molecular flexibility index (Phi) is 6.61. The van der Waals surface area contributed by atoms with Gasteiger partial charge in [0.15, 0.2) is 6.10 Å². The number of rotatable bonds is 8. The molecule has 1 atom stereocenters. The summed E-state index contributed by atoms with van der Waals surface area (Å²) in [6.45, 7) is 2.38. The topological polar surface area (TPSA) is 47.6 Å². The summed E-state index contributed by atoms with van der Waals surface area (Å²) in [5, 5.41) is 2.86. The molecule has 0 radical (unpaired) electrons. The largest absolute Gasteiger partial charge is 0.497 e. The monoisotopic (exact) mass is 331 g/mol. The molecule has 0 bridgehead atoms. The lowest BCUT2D eigenvalue weighted by Crippen LogP contribution is -2.38. The first-order valence-corrected chi connectivity index (χ1v) is 7.95. The summed E-state index contributed by atoms with van der Waals surface area (Å²) >= 11 is 0. The van der Waals surface area contributed by atoms with Crippen LogP contribution in [-0.4, -0.2) is 25.7 Å². The molecule has 0 unspecified atom stereocenters. The molecule has 1 amide bonds. The van der Waals surface area contributed by atoms with Crippen molar-refractivity contribution >= 4 is 5.91 Å². The second-order valence-corrected chi connectivity index (χ2v) is 5.36. The normalized spacial score (nSPS) is 11.6. The summed E-state index contributed by atoms with van der Waals surface area (Å²) in [6.07, 6.45) is 0.658. The molecule has 4 nitrogen and oxygen atoms in total. The lowest BCUT2D eigenvalue weighted by molar-refractivity contribution is -0.128. The van der Waals surface area contributed by atoms with Crippen LogP contribution in [0, 0.1) is 5.82 Å². The molecule has 0 aliphatic carbocycles.